The Labute approximate surface area is 162 Å². The lowest BCUT2D eigenvalue weighted by Crippen LogP contribution is -2.43. The summed E-state index contributed by atoms with van der Waals surface area (Å²) in [6.45, 7) is 5.94. The number of rotatable bonds is 6. The summed E-state index contributed by atoms with van der Waals surface area (Å²) >= 11 is 1.24. The summed E-state index contributed by atoms with van der Waals surface area (Å²) < 4.78 is 10.8. The lowest BCUT2D eigenvalue weighted by molar-refractivity contribution is -0.124. The maximum Gasteiger partial charge on any atom is 0.348 e. The number of fused-ring (bicyclic) bond motifs is 1. The van der Waals surface area contributed by atoms with Crippen LogP contribution in [0.25, 0.3) is 10.2 Å². The average molecular weight is 391 g/mol. The first-order chi connectivity index (χ1) is 13.0. The van der Waals surface area contributed by atoms with Crippen molar-refractivity contribution >= 4 is 33.4 Å². The highest BCUT2D eigenvalue weighted by molar-refractivity contribution is 7.20. The van der Waals surface area contributed by atoms with E-state index in [9.17, 15) is 9.59 Å². The Bertz CT molecular complexity index is 836. The van der Waals surface area contributed by atoms with Crippen LogP contribution in [0.15, 0.2) is 6.33 Å². The van der Waals surface area contributed by atoms with Crippen molar-refractivity contribution in [2.75, 3.05) is 13.2 Å². The van der Waals surface area contributed by atoms with Crippen LogP contribution in [-0.4, -0.2) is 41.1 Å². The van der Waals surface area contributed by atoms with Gasteiger partial charge in [0.05, 0.1) is 12.0 Å². The summed E-state index contributed by atoms with van der Waals surface area (Å²) in [6, 6.07) is 0.207. The Morgan fingerprint density at radius 3 is 2.81 bits per heavy atom. The molecule has 0 aromatic carbocycles. The minimum atomic E-state index is -0.382. The molecule has 1 saturated carbocycles. The van der Waals surface area contributed by atoms with Gasteiger partial charge in [-0.3, -0.25) is 4.79 Å². The van der Waals surface area contributed by atoms with Crippen LogP contribution in [0.4, 0.5) is 0 Å². The molecular formula is C19H25N3O4S. The van der Waals surface area contributed by atoms with E-state index in [1.54, 1.807) is 6.92 Å². The Morgan fingerprint density at radius 1 is 1.30 bits per heavy atom. The molecule has 0 spiro atoms. The van der Waals surface area contributed by atoms with Gasteiger partial charge in [0.1, 0.15) is 16.0 Å². The summed E-state index contributed by atoms with van der Waals surface area (Å²) in [7, 11) is 0. The number of aromatic nitrogens is 2. The molecule has 1 amide bonds. The predicted octanol–water partition coefficient (Wildman–Crippen LogP) is 3.25. The lowest BCUT2D eigenvalue weighted by Gasteiger charge is -2.29. The van der Waals surface area contributed by atoms with Crippen molar-refractivity contribution in [2.45, 2.75) is 52.5 Å². The average Bonchev–Trinajstić information content (AvgIpc) is 3.00. The standard InChI is InChI=1S/C19H25N3O4S/c1-4-25-19(24)16-12(3)15-17(20-10-21-18(15)27-16)26-9-14(23)22-13-8-6-5-7-11(13)2/h10-11,13H,4-9H2,1-3H3,(H,22,23)/t11-,13+/m0/s1. The number of carbonyl (C=O) groups excluding carboxylic acids is 2. The van der Waals surface area contributed by atoms with Gasteiger partial charge in [0.2, 0.25) is 5.88 Å². The number of esters is 1. The van der Waals surface area contributed by atoms with Gasteiger partial charge in [0, 0.05) is 6.04 Å². The van der Waals surface area contributed by atoms with Crippen molar-refractivity contribution < 1.29 is 19.1 Å². The van der Waals surface area contributed by atoms with E-state index in [1.165, 1.54) is 24.1 Å². The van der Waals surface area contributed by atoms with E-state index in [2.05, 4.69) is 22.2 Å². The number of nitrogens with one attached hydrogen (secondary N) is 1. The molecule has 2 aromatic heterocycles. The number of hydrogen-bond acceptors (Lipinski definition) is 7. The van der Waals surface area contributed by atoms with Crippen molar-refractivity contribution in [3.8, 4) is 5.88 Å². The minimum Gasteiger partial charge on any atom is -0.467 e. The number of aryl methyl sites for hydroxylation is 1. The highest BCUT2D eigenvalue weighted by atomic mass is 32.1. The Balaban J connectivity index is 1.71. The summed E-state index contributed by atoms with van der Waals surface area (Å²) in [5.74, 6) is 0.267. The zero-order chi connectivity index (χ0) is 19.4. The molecule has 2 aromatic rings. The first kappa shape index (κ1) is 19.5. The summed E-state index contributed by atoms with van der Waals surface area (Å²) in [6.07, 6.45) is 5.90. The fourth-order valence-electron chi connectivity index (χ4n) is 3.45. The molecular weight excluding hydrogens is 366 g/mol. The van der Waals surface area contributed by atoms with Crippen LogP contribution >= 0.6 is 11.3 Å². The second kappa shape index (κ2) is 8.65. The summed E-state index contributed by atoms with van der Waals surface area (Å²) in [5.41, 5.74) is 0.713. The number of amides is 1. The molecule has 1 N–H and O–H groups in total. The second-order valence-electron chi connectivity index (χ2n) is 6.86. The largest absolute Gasteiger partial charge is 0.467 e. The first-order valence-corrected chi connectivity index (χ1v) is 10.2. The van der Waals surface area contributed by atoms with Crippen molar-refractivity contribution in [3.05, 3.63) is 16.8 Å². The van der Waals surface area contributed by atoms with Gasteiger partial charge in [0.15, 0.2) is 6.61 Å². The normalized spacial score (nSPS) is 19.7. The molecule has 0 bridgehead atoms. The van der Waals surface area contributed by atoms with Gasteiger partial charge in [-0.15, -0.1) is 11.3 Å². The van der Waals surface area contributed by atoms with Crippen molar-refractivity contribution in [1.29, 1.82) is 0 Å². The van der Waals surface area contributed by atoms with Gasteiger partial charge in [-0.05, 0) is 38.2 Å². The van der Waals surface area contributed by atoms with Crippen LogP contribution in [0.1, 0.15) is 54.8 Å². The molecule has 2 atom stereocenters. The van der Waals surface area contributed by atoms with Crippen LogP contribution in [-0.2, 0) is 9.53 Å². The Morgan fingerprint density at radius 2 is 2.07 bits per heavy atom. The second-order valence-corrected chi connectivity index (χ2v) is 7.86. The van der Waals surface area contributed by atoms with Crippen LogP contribution < -0.4 is 10.1 Å². The topological polar surface area (TPSA) is 90.4 Å². The van der Waals surface area contributed by atoms with Crippen LogP contribution in [0, 0.1) is 12.8 Å². The van der Waals surface area contributed by atoms with E-state index in [0.717, 1.165) is 19.3 Å². The molecule has 27 heavy (non-hydrogen) atoms. The third-order valence-corrected chi connectivity index (χ3v) is 6.13. The highest BCUT2D eigenvalue weighted by Crippen LogP contribution is 2.34. The highest BCUT2D eigenvalue weighted by Gasteiger charge is 2.24. The molecule has 8 heteroatoms. The van der Waals surface area contributed by atoms with Crippen molar-refractivity contribution in [3.63, 3.8) is 0 Å². The molecule has 0 unspecified atom stereocenters. The zero-order valence-electron chi connectivity index (χ0n) is 15.9. The molecule has 146 valence electrons. The summed E-state index contributed by atoms with van der Waals surface area (Å²) in [4.78, 5) is 33.9. The third-order valence-electron chi connectivity index (χ3n) is 4.95. The van der Waals surface area contributed by atoms with Crippen molar-refractivity contribution in [2.24, 2.45) is 5.92 Å². The lowest BCUT2D eigenvalue weighted by atomic mass is 9.86. The molecule has 1 aliphatic rings. The van der Waals surface area contributed by atoms with Gasteiger partial charge < -0.3 is 14.8 Å². The molecule has 0 aliphatic heterocycles. The molecule has 3 rings (SSSR count). The molecule has 2 heterocycles. The molecule has 0 radical (unpaired) electrons. The SMILES string of the molecule is CCOC(=O)c1sc2ncnc(OCC(=O)N[C@@H]3CCCC[C@@H]3C)c2c1C. The van der Waals surface area contributed by atoms with Crippen LogP contribution in [0.2, 0.25) is 0 Å². The molecule has 1 aliphatic carbocycles. The predicted molar refractivity (Wildman–Crippen MR) is 103 cm³/mol. The third kappa shape index (κ3) is 4.37. The number of carbonyl (C=O) groups is 2. The van der Waals surface area contributed by atoms with Crippen LogP contribution in [0.3, 0.4) is 0 Å². The van der Waals surface area contributed by atoms with E-state index in [0.29, 0.717) is 39.1 Å². The molecule has 1 fully saturated rings. The maximum atomic E-state index is 12.3. The smallest absolute Gasteiger partial charge is 0.348 e. The van der Waals surface area contributed by atoms with Gasteiger partial charge >= 0.3 is 5.97 Å². The fraction of sp³-hybridized carbons (Fsp3) is 0.579. The number of hydrogen-bond donors (Lipinski definition) is 1. The van der Waals surface area contributed by atoms with Gasteiger partial charge in [-0.2, -0.15) is 0 Å². The van der Waals surface area contributed by atoms with E-state index < -0.39 is 0 Å². The van der Waals surface area contributed by atoms with E-state index in [4.69, 9.17) is 9.47 Å². The van der Waals surface area contributed by atoms with E-state index in [-0.39, 0.29) is 24.5 Å². The minimum absolute atomic E-state index is 0.112. The van der Waals surface area contributed by atoms with E-state index in [1.807, 2.05) is 6.92 Å². The molecule has 7 nitrogen and oxygen atoms in total. The first-order valence-electron chi connectivity index (χ1n) is 9.34. The zero-order valence-corrected chi connectivity index (χ0v) is 16.7. The van der Waals surface area contributed by atoms with E-state index >= 15 is 0 Å². The quantitative estimate of drug-likeness (QED) is 0.760. The number of ether oxygens (including phenoxy) is 2. The van der Waals surface area contributed by atoms with Gasteiger partial charge in [-0.25, -0.2) is 14.8 Å². The fourth-order valence-corrected chi connectivity index (χ4v) is 4.49. The monoisotopic (exact) mass is 391 g/mol. The van der Waals surface area contributed by atoms with Gasteiger partial charge in [0.25, 0.3) is 5.91 Å². The van der Waals surface area contributed by atoms with Crippen molar-refractivity contribution in [1.82, 2.24) is 15.3 Å². The molecule has 0 saturated heterocycles. The van der Waals surface area contributed by atoms with Gasteiger partial charge in [-0.1, -0.05) is 19.8 Å². The maximum absolute atomic E-state index is 12.3. The van der Waals surface area contributed by atoms with Crippen LogP contribution in [0.5, 0.6) is 5.88 Å². The number of thiophene rings is 1. The Kier molecular flexibility index (Phi) is 6.26. The Hall–Kier alpha value is -2.22. The number of nitrogens with zero attached hydrogens (tertiary/aromatic N) is 2. The summed E-state index contributed by atoms with van der Waals surface area (Å²) in [5, 5.41) is 3.72.